The smallest absolute Gasteiger partial charge is 0.256 e. The predicted molar refractivity (Wildman–Crippen MR) is 72.3 cm³/mol. The number of hydrogen-bond donors (Lipinski definition) is 1. The molecule has 1 fully saturated rings. The second-order valence-corrected chi connectivity index (χ2v) is 5.48. The SMILES string of the molecule is Cc1ncc(N)cc1C(=O)N(CC(C)C)C1CC1. The lowest BCUT2D eigenvalue weighted by Crippen LogP contribution is -2.36. The molecule has 1 heterocycles. The molecule has 0 aromatic carbocycles. The van der Waals surface area contributed by atoms with E-state index in [-0.39, 0.29) is 5.91 Å². The third-order valence-corrected chi connectivity index (χ3v) is 3.15. The monoisotopic (exact) mass is 247 g/mol. The molecule has 1 aliphatic carbocycles. The van der Waals surface area contributed by atoms with E-state index in [1.165, 1.54) is 0 Å². The average Bonchev–Trinajstić information content (AvgIpc) is 3.12. The van der Waals surface area contributed by atoms with Crippen molar-refractivity contribution in [1.29, 1.82) is 0 Å². The van der Waals surface area contributed by atoms with Crippen molar-refractivity contribution in [3.8, 4) is 0 Å². The van der Waals surface area contributed by atoms with Crippen LogP contribution < -0.4 is 5.73 Å². The van der Waals surface area contributed by atoms with Crippen LogP contribution >= 0.6 is 0 Å². The van der Waals surface area contributed by atoms with E-state index in [4.69, 9.17) is 5.73 Å². The first-order valence-electron chi connectivity index (χ1n) is 6.52. The lowest BCUT2D eigenvalue weighted by atomic mass is 10.1. The fourth-order valence-electron chi connectivity index (χ4n) is 2.10. The Bertz CT molecular complexity index is 452. The largest absolute Gasteiger partial charge is 0.397 e. The van der Waals surface area contributed by atoms with Gasteiger partial charge < -0.3 is 10.6 Å². The minimum Gasteiger partial charge on any atom is -0.397 e. The highest BCUT2D eigenvalue weighted by Crippen LogP contribution is 2.29. The Morgan fingerprint density at radius 3 is 2.78 bits per heavy atom. The van der Waals surface area contributed by atoms with Crippen molar-refractivity contribution < 1.29 is 4.79 Å². The molecule has 0 aliphatic heterocycles. The number of nitrogen functional groups attached to an aromatic ring is 1. The molecule has 0 unspecified atom stereocenters. The van der Waals surface area contributed by atoms with Gasteiger partial charge in [-0.3, -0.25) is 9.78 Å². The molecule has 0 radical (unpaired) electrons. The molecule has 1 saturated carbocycles. The molecule has 4 heteroatoms. The summed E-state index contributed by atoms with van der Waals surface area (Å²) in [5, 5.41) is 0. The number of aromatic nitrogens is 1. The Balaban J connectivity index is 2.24. The van der Waals surface area contributed by atoms with Crippen LogP contribution in [0.25, 0.3) is 0 Å². The highest BCUT2D eigenvalue weighted by molar-refractivity contribution is 5.96. The van der Waals surface area contributed by atoms with E-state index in [9.17, 15) is 4.79 Å². The summed E-state index contributed by atoms with van der Waals surface area (Å²) < 4.78 is 0. The summed E-state index contributed by atoms with van der Waals surface area (Å²) >= 11 is 0. The molecular formula is C14H21N3O. The number of amides is 1. The Morgan fingerprint density at radius 2 is 2.22 bits per heavy atom. The van der Waals surface area contributed by atoms with Crippen LogP contribution in [0.3, 0.4) is 0 Å². The zero-order chi connectivity index (χ0) is 13.3. The summed E-state index contributed by atoms with van der Waals surface area (Å²) in [4.78, 5) is 18.7. The topological polar surface area (TPSA) is 59.2 Å². The molecule has 2 rings (SSSR count). The summed E-state index contributed by atoms with van der Waals surface area (Å²) in [5.41, 5.74) is 7.67. The van der Waals surface area contributed by atoms with E-state index in [1.807, 2.05) is 11.8 Å². The van der Waals surface area contributed by atoms with Crippen LogP contribution in [-0.4, -0.2) is 28.4 Å². The molecule has 0 atom stereocenters. The zero-order valence-electron chi connectivity index (χ0n) is 11.3. The van der Waals surface area contributed by atoms with Gasteiger partial charge in [-0.1, -0.05) is 13.8 Å². The van der Waals surface area contributed by atoms with Gasteiger partial charge >= 0.3 is 0 Å². The first-order valence-corrected chi connectivity index (χ1v) is 6.52. The fraction of sp³-hybridized carbons (Fsp3) is 0.571. The van der Waals surface area contributed by atoms with Crippen molar-refractivity contribution in [2.75, 3.05) is 12.3 Å². The Hall–Kier alpha value is -1.58. The minimum absolute atomic E-state index is 0.0727. The first-order chi connectivity index (χ1) is 8.49. The Morgan fingerprint density at radius 1 is 1.56 bits per heavy atom. The third-order valence-electron chi connectivity index (χ3n) is 3.15. The summed E-state index contributed by atoms with van der Waals surface area (Å²) in [6, 6.07) is 2.15. The molecule has 0 bridgehead atoms. The van der Waals surface area contributed by atoms with Crippen molar-refractivity contribution in [2.24, 2.45) is 5.92 Å². The molecular weight excluding hydrogens is 226 g/mol. The number of carbonyl (C=O) groups excluding carboxylic acids is 1. The number of pyridine rings is 1. The normalized spacial score (nSPS) is 14.9. The maximum Gasteiger partial charge on any atom is 0.256 e. The second kappa shape index (κ2) is 4.96. The van der Waals surface area contributed by atoms with Crippen LogP contribution in [-0.2, 0) is 0 Å². The number of carbonyl (C=O) groups is 1. The van der Waals surface area contributed by atoms with E-state index in [2.05, 4.69) is 18.8 Å². The molecule has 4 nitrogen and oxygen atoms in total. The van der Waals surface area contributed by atoms with Crippen molar-refractivity contribution in [3.05, 3.63) is 23.5 Å². The number of aryl methyl sites for hydroxylation is 1. The number of hydrogen-bond acceptors (Lipinski definition) is 3. The second-order valence-electron chi connectivity index (χ2n) is 5.48. The predicted octanol–water partition coefficient (Wildman–Crippen LogP) is 2.23. The van der Waals surface area contributed by atoms with Gasteiger partial charge in [0.2, 0.25) is 0 Å². The van der Waals surface area contributed by atoms with Crippen LogP contribution in [0.4, 0.5) is 5.69 Å². The van der Waals surface area contributed by atoms with Crippen molar-refractivity contribution >= 4 is 11.6 Å². The van der Waals surface area contributed by atoms with Crippen molar-refractivity contribution in [2.45, 2.75) is 39.7 Å². The van der Waals surface area contributed by atoms with E-state index >= 15 is 0 Å². The van der Waals surface area contributed by atoms with Gasteiger partial charge in [-0.25, -0.2) is 0 Å². The highest BCUT2D eigenvalue weighted by Gasteiger charge is 2.33. The highest BCUT2D eigenvalue weighted by atomic mass is 16.2. The Labute approximate surface area is 108 Å². The molecule has 18 heavy (non-hydrogen) atoms. The molecule has 1 aromatic rings. The van der Waals surface area contributed by atoms with Gasteiger partial charge in [0.25, 0.3) is 5.91 Å². The van der Waals surface area contributed by atoms with E-state index in [0.29, 0.717) is 23.2 Å². The number of rotatable bonds is 4. The summed E-state index contributed by atoms with van der Waals surface area (Å²) in [5.74, 6) is 0.548. The molecule has 0 spiro atoms. The quantitative estimate of drug-likeness (QED) is 0.887. The van der Waals surface area contributed by atoms with Crippen molar-refractivity contribution in [3.63, 3.8) is 0 Å². The summed E-state index contributed by atoms with van der Waals surface area (Å²) in [6.07, 6.45) is 3.83. The van der Waals surface area contributed by atoms with Crippen LogP contribution in [0.15, 0.2) is 12.3 Å². The molecule has 0 saturated heterocycles. The van der Waals surface area contributed by atoms with Crippen LogP contribution in [0.5, 0.6) is 0 Å². The maximum atomic E-state index is 12.6. The molecule has 1 amide bonds. The number of nitrogens with zero attached hydrogens (tertiary/aromatic N) is 2. The lowest BCUT2D eigenvalue weighted by molar-refractivity contribution is 0.0721. The van der Waals surface area contributed by atoms with Crippen LogP contribution in [0, 0.1) is 12.8 Å². The van der Waals surface area contributed by atoms with Gasteiger partial charge in [-0.2, -0.15) is 0 Å². The van der Waals surface area contributed by atoms with E-state index in [1.54, 1.807) is 12.3 Å². The average molecular weight is 247 g/mol. The molecule has 98 valence electrons. The molecule has 1 aromatic heterocycles. The lowest BCUT2D eigenvalue weighted by Gasteiger charge is -2.25. The van der Waals surface area contributed by atoms with Gasteiger partial charge in [0, 0.05) is 12.6 Å². The zero-order valence-corrected chi connectivity index (χ0v) is 11.3. The van der Waals surface area contributed by atoms with E-state index in [0.717, 1.165) is 25.1 Å². The fourth-order valence-corrected chi connectivity index (χ4v) is 2.10. The Kier molecular flexibility index (Phi) is 3.55. The van der Waals surface area contributed by atoms with Gasteiger partial charge in [0.1, 0.15) is 0 Å². The summed E-state index contributed by atoms with van der Waals surface area (Å²) in [6.45, 7) is 6.92. The molecule has 2 N–H and O–H groups in total. The van der Waals surface area contributed by atoms with Crippen molar-refractivity contribution in [1.82, 2.24) is 9.88 Å². The standard InChI is InChI=1S/C14H21N3O/c1-9(2)8-17(12-4-5-12)14(18)13-6-11(15)7-16-10(13)3/h6-7,9,12H,4-5,8,15H2,1-3H3. The summed E-state index contributed by atoms with van der Waals surface area (Å²) in [7, 11) is 0. The van der Waals surface area contributed by atoms with Gasteiger partial charge in [-0.15, -0.1) is 0 Å². The first kappa shape index (κ1) is 12.9. The number of anilines is 1. The maximum absolute atomic E-state index is 12.6. The number of nitrogens with two attached hydrogens (primary N) is 1. The minimum atomic E-state index is 0.0727. The molecule has 1 aliphatic rings. The van der Waals surface area contributed by atoms with Crippen LogP contribution in [0.2, 0.25) is 0 Å². The van der Waals surface area contributed by atoms with Crippen LogP contribution in [0.1, 0.15) is 42.7 Å². The van der Waals surface area contributed by atoms with E-state index < -0.39 is 0 Å². The third kappa shape index (κ3) is 2.81. The van der Waals surface area contributed by atoms with Gasteiger partial charge in [0.05, 0.1) is 23.1 Å². The van der Waals surface area contributed by atoms with Gasteiger partial charge in [-0.05, 0) is 31.7 Å². The van der Waals surface area contributed by atoms with Gasteiger partial charge in [0.15, 0.2) is 0 Å².